The summed E-state index contributed by atoms with van der Waals surface area (Å²) in [6.07, 6.45) is -3.85. The minimum absolute atomic E-state index is 0.172. The molecule has 1 N–H and O–H groups in total. The highest BCUT2D eigenvalue weighted by atomic mass is 19.4. The Labute approximate surface area is 141 Å². The zero-order valence-electron chi connectivity index (χ0n) is 13.1. The molecule has 3 rings (SSSR count). The minimum atomic E-state index is -4.75. The van der Waals surface area contributed by atoms with Gasteiger partial charge in [-0.3, -0.25) is 4.79 Å². The van der Waals surface area contributed by atoms with Gasteiger partial charge in [0.05, 0.1) is 17.4 Å². The van der Waals surface area contributed by atoms with Crippen LogP contribution in [0.4, 0.5) is 19.0 Å². The molecule has 0 saturated heterocycles. The van der Waals surface area contributed by atoms with Gasteiger partial charge in [-0.25, -0.2) is 9.67 Å². The Bertz CT molecular complexity index is 904. The maximum atomic E-state index is 13.5. The quantitative estimate of drug-likeness (QED) is 0.784. The minimum Gasteiger partial charge on any atom is -0.306 e. The van der Waals surface area contributed by atoms with Crippen molar-refractivity contribution in [3.63, 3.8) is 0 Å². The molecule has 0 aliphatic heterocycles. The zero-order chi connectivity index (χ0) is 18.0. The number of rotatable bonds is 3. The summed E-state index contributed by atoms with van der Waals surface area (Å²) in [5, 5.41) is 6.12. The lowest BCUT2D eigenvalue weighted by molar-refractivity contribution is -0.143. The first-order valence-electron chi connectivity index (χ1n) is 7.32. The molecule has 0 aliphatic carbocycles. The third kappa shape index (κ3) is 3.52. The fraction of sp³-hybridized carbons (Fsp3) is 0.118. The third-order valence-corrected chi connectivity index (χ3v) is 3.41. The Balaban J connectivity index is 2.02. The fourth-order valence-electron chi connectivity index (χ4n) is 2.35. The second-order valence-electron chi connectivity index (χ2n) is 5.27. The van der Waals surface area contributed by atoms with Crippen LogP contribution in [0.3, 0.4) is 0 Å². The first kappa shape index (κ1) is 16.7. The number of aryl methyl sites for hydroxylation is 1. The molecule has 0 spiro atoms. The van der Waals surface area contributed by atoms with Crippen molar-refractivity contribution in [2.75, 3.05) is 5.32 Å². The topological polar surface area (TPSA) is 59.8 Å². The molecular formula is C17H13F3N4O. The molecule has 0 atom stereocenters. The molecule has 1 amide bonds. The number of alkyl halides is 3. The Morgan fingerprint density at radius 3 is 2.44 bits per heavy atom. The van der Waals surface area contributed by atoms with Crippen molar-refractivity contribution in [2.45, 2.75) is 13.1 Å². The van der Waals surface area contributed by atoms with Crippen LogP contribution in [0, 0.1) is 6.92 Å². The molecule has 0 aliphatic rings. The van der Waals surface area contributed by atoms with Crippen molar-refractivity contribution in [1.82, 2.24) is 14.8 Å². The van der Waals surface area contributed by atoms with Crippen molar-refractivity contribution >= 4 is 11.7 Å². The number of anilines is 1. The lowest BCUT2D eigenvalue weighted by Gasteiger charge is -2.12. The predicted octanol–water partition coefficient (Wildman–Crippen LogP) is 3.85. The predicted molar refractivity (Wildman–Crippen MR) is 85.5 cm³/mol. The standard InChI is InChI=1S/C17H13F3N4O/c1-11-6-5-9-14(22-11)23-16(25)13-10-21-24(15(13)17(18,19)20)12-7-3-2-4-8-12/h2-10H,1H3,(H,22,23,25). The van der Waals surface area contributed by atoms with Gasteiger partial charge in [0.25, 0.3) is 5.91 Å². The highest BCUT2D eigenvalue weighted by molar-refractivity contribution is 6.04. The number of halogens is 3. The normalized spacial score (nSPS) is 11.4. The number of aromatic nitrogens is 3. The summed E-state index contributed by atoms with van der Waals surface area (Å²) < 4.78 is 41.3. The molecule has 0 radical (unpaired) electrons. The van der Waals surface area contributed by atoms with Gasteiger partial charge in [0.2, 0.25) is 0 Å². The SMILES string of the molecule is Cc1cccc(NC(=O)c2cnn(-c3ccccc3)c2C(F)(F)F)n1. The van der Waals surface area contributed by atoms with Crippen LogP contribution in [0.25, 0.3) is 5.69 Å². The molecule has 2 heterocycles. The number of carbonyl (C=O) groups is 1. The molecule has 2 aromatic heterocycles. The molecule has 0 unspecified atom stereocenters. The van der Waals surface area contributed by atoms with Gasteiger partial charge >= 0.3 is 6.18 Å². The van der Waals surface area contributed by atoms with E-state index in [-0.39, 0.29) is 11.5 Å². The van der Waals surface area contributed by atoms with Crippen molar-refractivity contribution in [3.05, 3.63) is 71.7 Å². The molecule has 3 aromatic rings. The van der Waals surface area contributed by atoms with Gasteiger partial charge in [0.1, 0.15) is 5.82 Å². The number of carbonyl (C=O) groups excluding carboxylic acids is 1. The Morgan fingerprint density at radius 1 is 1.08 bits per heavy atom. The number of hydrogen-bond donors (Lipinski definition) is 1. The van der Waals surface area contributed by atoms with Crippen LogP contribution in [0.15, 0.2) is 54.7 Å². The first-order valence-corrected chi connectivity index (χ1v) is 7.32. The van der Waals surface area contributed by atoms with E-state index in [2.05, 4.69) is 15.4 Å². The third-order valence-electron chi connectivity index (χ3n) is 3.41. The largest absolute Gasteiger partial charge is 0.434 e. The van der Waals surface area contributed by atoms with Crippen LogP contribution in [0.2, 0.25) is 0 Å². The number of nitrogens with one attached hydrogen (secondary N) is 1. The summed E-state index contributed by atoms with van der Waals surface area (Å²) in [6, 6.07) is 12.7. The molecule has 0 bridgehead atoms. The maximum Gasteiger partial charge on any atom is 0.434 e. The van der Waals surface area contributed by atoms with E-state index in [0.717, 1.165) is 6.20 Å². The van der Waals surface area contributed by atoms with E-state index in [1.807, 2.05) is 0 Å². The van der Waals surface area contributed by atoms with Gasteiger partial charge in [-0.1, -0.05) is 24.3 Å². The number of para-hydroxylation sites is 1. The van der Waals surface area contributed by atoms with Crippen LogP contribution >= 0.6 is 0 Å². The second-order valence-corrected chi connectivity index (χ2v) is 5.27. The van der Waals surface area contributed by atoms with Gasteiger partial charge in [0.15, 0.2) is 5.69 Å². The Morgan fingerprint density at radius 2 is 1.80 bits per heavy atom. The molecule has 25 heavy (non-hydrogen) atoms. The van der Waals surface area contributed by atoms with E-state index in [4.69, 9.17) is 0 Å². The average Bonchev–Trinajstić information content (AvgIpc) is 3.01. The van der Waals surface area contributed by atoms with Crippen molar-refractivity contribution < 1.29 is 18.0 Å². The summed E-state index contributed by atoms with van der Waals surface area (Å²) in [5.74, 6) is -0.752. The lowest BCUT2D eigenvalue weighted by atomic mass is 10.2. The molecule has 5 nitrogen and oxygen atoms in total. The summed E-state index contributed by atoms with van der Waals surface area (Å²) in [6.45, 7) is 1.71. The molecule has 8 heteroatoms. The van der Waals surface area contributed by atoms with Crippen molar-refractivity contribution in [1.29, 1.82) is 0 Å². The number of amides is 1. The van der Waals surface area contributed by atoms with Crippen molar-refractivity contribution in [2.24, 2.45) is 0 Å². The van der Waals surface area contributed by atoms with E-state index in [9.17, 15) is 18.0 Å². The van der Waals surface area contributed by atoms with E-state index in [1.165, 1.54) is 18.2 Å². The molecule has 0 fully saturated rings. The number of pyridine rings is 1. The monoisotopic (exact) mass is 346 g/mol. The van der Waals surface area contributed by atoms with Crippen LogP contribution in [-0.4, -0.2) is 20.7 Å². The smallest absolute Gasteiger partial charge is 0.306 e. The van der Waals surface area contributed by atoms with Crippen LogP contribution in [0.1, 0.15) is 21.7 Å². The van der Waals surface area contributed by atoms with Crippen molar-refractivity contribution in [3.8, 4) is 5.69 Å². The molecular weight excluding hydrogens is 333 g/mol. The van der Waals surface area contributed by atoms with Gasteiger partial charge in [-0.15, -0.1) is 0 Å². The Hall–Kier alpha value is -3.16. The average molecular weight is 346 g/mol. The van der Waals surface area contributed by atoms with E-state index < -0.39 is 23.3 Å². The van der Waals surface area contributed by atoms with Gasteiger partial charge < -0.3 is 5.32 Å². The molecule has 128 valence electrons. The highest BCUT2D eigenvalue weighted by Gasteiger charge is 2.40. The lowest BCUT2D eigenvalue weighted by Crippen LogP contribution is -2.21. The molecule has 1 aromatic carbocycles. The van der Waals surface area contributed by atoms with E-state index >= 15 is 0 Å². The number of nitrogens with zero attached hydrogens (tertiary/aromatic N) is 3. The first-order chi connectivity index (χ1) is 11.9. The summed E-state index contributed by atoms with van der Waals surface area (Å²) in [7, 11) is 0. The second kappa shape index (κ2) is 6.39. The molecule has 0 saturated carbocycles. The number of hydrogen-bond acceptors (Lipinski definition) is 3. The number of benzene rings is 1. The van der Waals surface area contributed by atoms with Crippen LogP contribution < -0.4 is 5.32 Å². The summed E-state index contributed by atoms with van der Waals surface area (Å²) in [5.41, 5.74) is -0.861. The summed E-state index contributed by atoms with van der Waals surface area (Å²) in [4.78, 5) is 16.4. The Kier molecular flexibility index (Phi) is 4.26. The highest BCUT2D eigenvalue weighted by Crippen LogP contribution is 2.33. The van der Waals surface area contributed by atoms with E-state index in [1.54, 1.807) is 37.3 Å². The van der Waals surface area contributed by atoms with Crippen LogP contribution in [0.5, 0.6) is 0 Å². The summed E-state index contributed by atoms with van der Waals surface area (Å²) >= 11 is 0. The zero-order valence-corrected chi connectivity index (χ0v) is 13.1. The van der Waals surface area contributed by atoms with Crippen LogP contribution in [-0.2, 0) is 6.18 Å². The fourth-order valence-corrected chi connectivity index (χ4v) is 2.35. The van der Waals surface area contributed by atoms with Gasteiger partial charge in [-0.05, 0) is 31.2 Å². The van der Waals surface area contributed by atoms with Gasteiger partial charge in [-0.2, -0.15) is 18.3 Å². The maximum absolute atomic E-state index is 13.5. The van der Waals surface area contributed by atoms with Gasteiger partial charge in [0, 0.05) is 5.69 Å². The van der Waals surface area contributed by atoms with E-state index in [0.29, 0.717) is 10.4 Å².